The topological polar surface area (TPSA) is 67.2 Å². The Morgan fingerprint density at radius 2 is 1.89 bits per heavy atom. The molecule has 1 aromatic carbocycles. The van der Waals surface area contributed by atoms with Gasteiger partial charge < -0.3 is 5.32 Å². The van der Waals surface area contributed by atoms with E-state index in [4.69, 9.17) is 0 Å². The number of aromatic nitrogens is 2. The monoisotopic (exact) mass is 398 g/mol. The molecule has 4 rings (SSSR count). The van der Waals surface area contributed by atoms with Crippen LogP contribution >= 0.6 is 11.8 Å². The number of carbonyl (C=O) groups excluding carboxylic acids is 2. The molecule has 1 N–H and O–H groups in total. The minimum Gasteiger partial charge on any atom is -0.352 e. The summed E-state index contributed by atoms with van der Waals surface area (Å²) in [6.07, 6.45) is 6.89. The molecule has 28 heavy (non-hydrogen) atoms. The van der Waals surface area contributed by atoms with E-state index in [1.165, 1.54) is 24.6 Å². The first-order valence-corrected chi connectivity index (χ1v) is 11.0. The van der Waals surface area contributed by atoms with Gasteiger partial charge in [0.2, 0.25) is 11.8 Å². The number of hydrogen-bond donors (Lipinski definition) is 1. The highest BCUT2D eigenvalue weighted by Crippen LogP contribution is 2.39. The molecule has 7 heteroatoms. The van der Waals surface area contributed by atoms with Crippen molar-refractivity contribution < 1.29 is 9.59 Å². The van der Waals surface area contributed by atoms with Crippen LogP contribution in [0.25, 0.3) is 5.69 Å². The van der Waals surface area contributed by atoms with Crippen LogP contribution in [-0.2, 0) is 9.59 Å². The highest BCUT2D eigenvalue weighted by Gasteiger charge is 2.33. The second-order valence-corrected chi connectivity index (χ2v) is 8.48. The molecular formula is C21H26N4O2S. The fraction of sp³-hybridized carbons (Fsp3) is 0.476. The van der Waals surface area contributed by atoms with Crippen molar-refractivity contribution in [3.63, 3.8) is 0 Å². The van der Waals surface area contributed by atoms with Gasteiger partial charge >= 0.3 is 0 Å². The molecule has 0 unspecified atom stereocenters. The van der Waals surface area contributed by atoms with Crippen LogP contribution in [0.2, 0.25) is 0 Å². The van der Waals surface area contributed by atoms with E-state index in [1.54, 1.807) is 4.90 Å². The average molecular weight is 399 g/mol. The van der Waals surface area contributed by atoms with E-state index in [0.29, 0.717) is 5.75 Å². The predicted octanol–water partition coefficient (Wildman–Crippen LogP) is 3.46. The molecule has 1 aromatic heterocycles. The maximum atomic E-state index is 12.7. The molecule has 2 aromatic rings. The van der Waals surface area contributed by atoms with Crippen molar-refractivity contribution >= 4 is 29.3 Å². The zero-order chi connectivity index (χ0) is 19.5. The van der Waals surface area contributed by atoms with Crippen LogP contribution < -0.4 is 10.2 Å². The fourth-order valence-electron chi connectivity index (χ4n) is 4.02. The van der Waals surface area contributed by atoms with E-state index in [-0.39, 0.29) is 24.4 Å². The van der Waals surface area contributed by atoms with Gasteiger partial charge in [-0.05, 0) is 31.9 Å². The first-order valence-electron chi connectivity index (χ1n) is 10.0. The predicted molar refractivity (Wildman–Crippen MR) is 111 cm³/mol. The van der Waals surface area contributed by atoms with E-state index < -0.39 is 0 Å². The Kier molecular flexibility index (Phi) is 5.71. The Bertz CT molecular complexity index is 857. The van der Waals surface area contributed by atoms with Gasteiger partial charge in [-0.15, -0.1) is 0 Å². The molecule has 0 spiro atoms. The molecule has 0 radical (unpaired) electrons. The van der Waals surface area contributed by atoms with Gasteiger partial charge in [0, 0.05) is 6.04 Å². The van der Waals surface area contributed by atoms with Crippen molar-refractivity contribution in [3.8, 4) is 5.69 Å². The number of nitrogens with zero attached hydrogens (tertiary/aromatic N) is 3. The molecular weight excluding hydrogens is 372 g/mol. The number of carbonyl (C=O) groups is 2. The maximum Gasteiger partial charge on any atom is 0.240 e. The van der Waals surface area contributed by atoms with Gasteiger partial charge in [0.15, 0.2) is 0 Å². The summed E-state index contributed by atoms with van der Waals surface area (Å²) in [5.41, 5.74) is 2.49. The number of benzene rings is 1. The number of nitrogens with one attached hydrogen (secondary N) is 1. The van der Waals surface area contributed by atoms with E-state index in [9.17, 15) is 9.59 Å². The highest BCUT2D eigenvalue weighted by atomic mass is 32.2. The molecule has 1 aliphatic carbocycles. The Hall–Kier alpha value is -2.28. The number of thioether (sulfide) groups is 1. The summed E-state index contributed by atoms with van der Waals surface area (Å²) in [6, 6.07) is 10.1. The van der Waals surface area contributed by atoms with Crippen LogP contribution in [0.1, 0.15) is 44.2 Å². The summed E-state index contributed by atoms with van der Waals surface area (Å²) >= 11 is 1.49. The van der Waals surface area contributed by atoms with Gasteiger partial charge in [-0.3, -0.25) is 14.5 Å². The molecule has 0 atom stereocenters. The molecule has 6 nitrogen and oxygen atoms in total. The minimum absolute atomic E-state index is 0.0378. The molecule has 1 saturated carbocycles. The summed E-state index contributed by atoms with van der Waals surface area (Å²) < 4.78 is 1.87. The molecule has 2 aliphatic rings. The van der Waals surface area contributed by atoms with Gasteiger partial charge in [0.05, 0.1) is 22.8 Å². The maximum absolute atomic E-state index is 12.7. The van der Waals surface area contributed by atoms with Crippen LogP contribution in [0.3, 0.4) is 0 Å². The van der Waals surface area contributed by atoms with Crippen LogP contribution in [0.15, 0.2) is 35.4 Å². The average Bonchev–Trinajstić information content (AvgIpc) is 2.86. The van der Waals surface area contributed by atoms with Crippen molar-refractivity contribution in [1.82, 2.24) is 15.1 Å². The number of anilines is 1. The third-order valence-corrected chi connectivity index (χ3v) is 6.44. The van der Waals surface area contributed by atoms with Gasteiger partial charge in [0.1, 0.15) is 11.6 Å². The lowest BCUT2D eigenvalue weighted by atomic mass is 10.1. The lowest BCUT2D eigenvalue weighted by Crippen LogP contribution is -2.46. The second-order valence-electron chi connectivity index (χ2n) is 7.51. The van der Waals surface area contributed by atoms with E-state index in [0.717, 1.165) is 47.8 Å². The van der Waals surface area contributed by atoms with Crippen molar-refractivity contribution in [2.45, 2.75) is 56.5 Å². The summed E-state index contributed by atoms with van der Waals surface area (Å²) in [5, 5.41) is 8.72. The standard InChI is InChI=1S/C21H26N4O2S/c1-15-20-21(25(23-15)17-11-7-4-8-12-17)28-14-19(27)24(20)13-18(26)22-16-9-5-2-3-6-10-16/h4,7-8,11-12,16H,2-3,5-6,9-10,13-14H2,1H3,(H,22,26). The van der Waals surface area contributed by atoms with Crippen molar-refractivity contribution in [1.29, 1.82) is 0 Å². The lowest BCUT2D eigenvalue weighted by Gasteiger charge is -2.27. The normalized spacial score (nSPS) is 17.9. The number of fused-ring (bicyclic) bond motifs is 1. The number of aryl methyl sites for hydroxylation is 1. The Labute approximate surface area is 169 Å². The molecule has 0 bridgehead atoms. The van der Waals surface area contributed by atoms with Gasteiger partial charge in [-0.2, -0.15) is 5.10 Å². The summed E-state index contributed by atoms with van der Waals surface area (Å²) in [7, 11) is 0. The van der Waals surface area contributed by atoms with Crippen LogP contribution in [-0.4, -0.2) is 39.9 Å². The second kappa shape index (κ2) is 8.39. The van der Waals surface area contributed by atoms with Gasteiger partial charge in [-0.25, -0.2) is 4.68 Å². The number of amides is 2. The zero-order valence-corrected chi connectivity index (χ0v) is 17.0. The summed E-state index contributed by atoms with van der Waals surface area (Å²) in [6.45, 7) is 1.96. The van der Waals surface area contributed by atoms with Crippen LogP contribution in [0.4, 0.5) is 5.69 Å². The van der Waals surface area contributed by atoms with Crippen molar-refractivity contribution in [2.75, 3.05) is 17.2 Å². The van der Waals surface area contributed by atoms with E-state index in [1.807, 2.05) is 41.9 Å². The summed E-state index contributed by atoms with van der Waals surface area (Å²) in [4.78, 5) is 26.9. The first kappa shape index (κ1) is 19.1. The summed E-state index contributed by atoms with van der Waals surface area (Å²) in [5.74, 6) is 0.205. The third-order valence-electron chi connectivity index (χ3n) is 5.41. The third kappa shape index (κ3) is 3.94. The first-order chi connectivity index (χ1) is 13.6. The van der Waals surface area contributed by atoms with Gasteiger partial charge in [-0.1, -0.05) is 55.6 Å². The van der Waals surface area contributed by atoms with Crippen molar-refractivity contribution in [2.24, 2.45) is 0 Å². The van der Waals surface area contributed by atoms with Crippen LogP contribution in [0, 0.1) is 6.92 Å². The largest absolute Gasteiger partial charge is 0.352 e. The number of rotatable bonds is 4. The molecule has 1 aliphatic heterocycles. The molecule has 148 valence electrons. The molecule has 0 saturated heterocycles. The SMILES string of the molecule is Cc1nn(-c2ccccc2)c2c1N(CC(=O)NC1CCCCCC1)C(=O)CS2. The zero-order valence-electron chi connectivity index (χ0n) is 16.2. The van der Waals surface area contributed by atoms with Crippen molar-refractivity contribution in [3.05, 3.63) is 36.0 Å². The smallest absolute Gasteiger partial charge is 0.240 e. The van der Waals surface area contributed by atoms with Gasteiger partial charge in [0.25, 0.3) is 0 Å². The number of hydrogen-bond acceptors (Lipinski definition) is 4. The lowest BCUT2D eigenvalue weighted by molar-refractivity contribution is -0.123. The van der Waals surface area contributed by atoms with E-state index >= 15 is 0 Å². The molecule has 2 heterocycles. The fourth-order valence-corrected chi connectivity index (χ4v) is 5.10. The van der Waals surface area contributed by atoms with Crippen LogP contribution in [0.5, 0.6) is 0 Å². The highest BCUT2D eigenvalue weighted by molar-refractivity contribution is 8.00. The Balaban J connectivity index is 1.55. The van der Waals surface area contributed by atoms with E-state index in [2.05, 4.69) is 10.4 Å². The Morgan fingerprint density at radius 1 is 1.18 bits per heavy atom. The molecule has 1 fully saturated rings. The molecule has 2 amide bonds. The quantitative estimate of drug-likeness (QED) is 0.801. The Morgan fingerprint density at radius 3 is 2.61 bits per heavy atom. The minimum atomic E-state index is -0.0787. The number of para-hydroxylation sites is 1.